The molecule has 38 heavy (non-hydrogen) atoms. The van der Waals surface area contributed by atoms with Crippen molar-refractivity contribution >= 4 is 7.82 Å². The van der Waals surface area contributed by atoms with Crippen molar-refractivity contribution in [1.82, 2.24) is 5.06 Å². The maximum absolute atomic E-state index is 13.2. The minimum atomic E-state index is -4.32. The van der Waals surface area contributed by atoms with Crippen molar-refractivity contribution in [3.05, 3.63) is 0 Å². The molecule has 2 unspecified atom stereocenters. The lowest BCUT2D eigenvalue weighted by Gasteiger charge is -2.38. The number of piperidine rings is 1. The summed E-state index contributed by atoms with van der Waals surface area (Å²) < 4.78 is 29.8. The summed E-state index contributed by atoms with van der Waals surface area (Å²) in [6, 6.07) is 0. The first-order valence-electron chi connectivity index (χ1n) is 15.5. The first-order valence-corrected chi connectivity index (χ1v) is 16.9. The minimum absolute atomic E-state index is 0.0752. The van der Waals surface area contributed by atoms with Crippen molar-refractivity contribution in [3.63, 3.8) is 0 Å². The fourth-order valence-electron chi connectivity index (χ4n) is 5.76. The van der Waals surface area contributed by atoms with Crippen LogP contribution in [0.15, 0.2) is 0 Å². The molecule has 2 aliphatic rings. The molecule has 0 aromatic carbocycles. The lowest BCUT2D eigenvalue weighted by atomic mass is 9.95. The molecule has 0 aromatic heterocycles. The van der Waals surface area contributed by atoms with Crippen LogP contribution in [0.5, 0.6) is 0 Å². The first kappa shape index (κ1) is 34.2. The second-order valence-corrected chi connectivity index (χ2v) is 14.4. The maximum atomic E-state index is 13.2. The fraction of sp³-hybridized carbons (Fsp3) is 1.00. The van der Waals surface area contributed by atoms with Crippen LogP contribution in [-0.4, -0.2) is 67.3 Å². The molecule has 2 saturated heterocycles. The molecule has 2 heterocycles. The van der Waals surface area contributed by atoms with Gasteiger partial charge < -0.3 is 23.2 Å². The van der Waals surface area contributed by atoms with E-state index >= 15 is 0 Å². The van der Waals surface area contributed by atoms with E-state index in [1.807, 2.05) is 13.8 Å². The second-order valence-electron chi connectivity index (χ2n) is 13.1. The molecule has 2 rings (SSSR count). The van der Waals surface area contributed by atoms with E-state index in [0.29, 0.717) is 25.9 Å². The van der Waals surface area contributed by atoms with Crippen LogP contribution in [0.3, 0.4) is 0 Å². The van der Waals surface area contributed by atoms with Crippen LogP contribution >= 0.6 is 7.82 Å². The zero-order chi connectivity index (χ0) is 28.1. The van der Waals surface area contributed by atoms with Gasteiger partial charge in [-0.3, -0.25) is 4.57 Å². The summed E-state index contributed by atoms with van der Waals surface area (Å²) in [6.45, 7) is 8.41. The topological polar surface area (TPSA) is 91.0 Å². The summed E-state index contributed by atoms with van der Waals surface area (Å²) in [5.74, 6) is 0. The van der Waals surface area contributed by atoms with Crippen molar-refractivity contribution in [1.29, 1.82) is 0 Å². The normalized spacial score (nSPS) is 25.6. The lowest BCUT2D eigenvalue weighted by Crippen LogP contribution is -2.49. The zero-order valence-corrected chi connectivity index (χ0v) is 26.1. The molecule has 1 radical (unpaired) electrons. The van der Waals surface area contributed by atoms with E-state index in [0.717, 1.165) is 49.7 Å². The summed E-state index contributed by atoms with van der Waals surface area (Å²) in [5.41, 5.74) is -1.35. The van der Waals surface area contributed by atoms with Gasteiger partial charge in [0, 0.05) is 12.8 Å². The molecule has 8 nitrogen and oxygen atoms in total. The Hall–Kier alpha value is -0.0500. The van der Waals surface area contributed by atoms with Gasteiger partial charge in [0.15, 0.2) is 0 Å². The minimum Gasteiger partial charge on any atom is -0.756 e. The number of phosphoric ester groups is 1. The van der Waals surface area contributed by atoms with Gasteiger partial charge in [-0.1, -0.05) is 71.1 Å². The van der Waals surface area contributed by atoms with Gasteiger partial charge in [0.05, 0.1) is 52.0 Å². The highest BCUT2D eigenvalue weighted by molar-refractivity contribution is 7.45. The van der Waals surface area contributed by atoms with E-state index in [2.05, 4.69) is 21.0 Å². The van der Waals surface area contributed by atoms with E-state index in [9.17, 15) is 14.7 Å². The quantitative estimate of drug-likeness (QED) is 0.0928. The zero-order valence-electron chi connectivity index (χ0n) is 25.2. The number of nitrogens with zero attached hydrogens (tertiary/aromatic N) is 2. The summed E-state index contributed by atoms with van der Waals surface area (Å²) in [4.78, 5) is 12.3. The number of unbranched alkanes of at least 4 members (excludes halogenated alkanes) is 11. The number of likely N-dealkylation sites (tertiary alicyclic amines) is 1. The lowest BCUT2D eigenvalue weighted by molar-refractivity contribution is -0.896. The molecule has 0 spiro atoms. The Bertz CT molecular complexity index is 697. The van der Waals surface area contributed by atoms with Crippen molar-refractivity contribution < 1.29 is 32.9 Å². The van der Waals surface area contributed by atoms with Gasteiger partial charge in [-0.15, -0.1) is 10.3 Å². The number of quaternary nitrogens is 1. The molecule has 0 amide bonds. The average molecular weight is 562 g/mol. The Balaban J connectivity index is 1.66. The number of hydrogen-bond donors (Lipinski definition) is 0. The summed E-state index contributed by atoms with van der Waals surface area (Å²) in [5, 5.41) is 14.4. The fourth-order valence-corrected chi connectivity index (χ4v) is 6.75. The maximum Gasteiger partial charge on any atom is 0.268 e. The molecular formula is C29H58N2O6P. The third kappa shape index (κ3) is 12.2. The summed E-state index contributed by atoms with van der Waals surface area (Å²) in [6.07, 6.45) is 17.6. The van der Waals surface area contributed by atoms with Crippen molar-refractivity contribution in [2.75, 3.05) is 40.4 Å². The highest BCUT2D eigenvalue weighted by Crippen LogP contribution is 2.43. The largest absolute Gasteiger partial charge is 0.756 e. The van der Waals surface area contributed by atoms with Gasteiger partial charge in [-0.2, -0.15) is 0 Å². The van der Waals surface area contributed by atoms with Crippen molar-refractivity contribution in [3.8, 4) is 0 Å². The third-order valence-electron chi connectivity index (χ3n) is 8.39. The van der Waals surface area contributed by atoms with Gasteiger partial charge in [-0.05, 0) is 46.0 Å². The molecule has 0 aliphatic carbocycles. The third-order valence-corrected chi connectivity index (χ3v) is 9.44. The van der Waals surface area contributed by atoms with Crippen LogP contribution in [0.4, 0.5) is 0 Å². The summed E-state index contributed by atoms with van der Waals surface area (Å²) in [7, 11) is -0.0304. The standard InChI is InChI=1S/C29H58N2O6P/c1-6-7-8-9-10-11-12-13-14-15-16-21-29(30(32)28(2,3)26-35-29)22-17-18-25-36-38(33,34)37-27-19-23-31(4,5)24-20-27/h27H,6-26H2,1-5H3. The van der Waals surface area contributed by atoms with Crippen LogP contribution in [0, 0.1) is 0 Å². The molecular weight excluding hydrogens is 503 g/mol. The Morgan fingerprint density at radius 1 is 0.895 bits per heavy atom. The average Bonchev–Trinajstić information content (AvgIpc) is 3.07. The Kier molecular flexibility index (Phi) is 14.7. The number of ether oxygens (including phenoxy) is 1. The van der Waals surface area contributed by atoms with E-state index in [1.165, 1.54) is 62.9 Å². The van der Waals surface area contributed by atoms with E-state index in [4.69, 9.17) is 13.8 Å². The van der Waals surface area contributed by atoms with Crippen LogP contribution in [0.2, 0.25) is 0 Å². The van der Waals surface area contributed by atoms with Gasteiger partial charge in [0.1, 0.15) is 5.72 Å². The number of hydroxylamine groups is 2. The number of rotatable bonds is 20. The van der Waals surface area contributed by atoms with E-state index < -0.39 is 19.1 Å². The molecule has 2 aliphatic heterocycles. The van der Waals surface area contributed by atoms with Gasteiger partial charge in [0.25, 0.3) is 7.82 Å². The van der Waals surface area contributed by atoms with Crippen LogP contribution in [0.25, 0.3) is 0 Å². The Labute approximate surface area is 233 Å². The van der Waals surface area contributed by atoms with Gasteiger partial charge in [0.2, 0.25) is 0 Å². The van der Waals surface area contributed by atoms with E-state index in [-0.39, 0.29) is 12.7 Å². The molecule has 0 aromatic rings. The molecule has 2 fully saturated rings. The van der Waals surface area contributed by atoms with Crippen LogP contribution in [-0.2, 0) is 23.6 Å². The van der Waals surface area contributed by atoms with Crippen molar-refractivity contribution in [2.45, 2.75) is 147 Å². The van der Waals surface area contributed by atoms with Crippen LogP contribution in [0.1, 0.15) is 130 Å². The first-order chi connectivity index (χ1) is 17.9. The number of hydrogen-bond acceptors (Lipinski definition) is 6. The smallest absolute Gasteiger partial charge is 0.268 e. The van der Waals surface area contributed by atoms with Crippen molar-refractivity contribution in [2.24, 2.45) is 0 Å². The summed E-state index contributed by atoms with van der Waals surface area (Å²) >= 11 is 0. The van der Waals surface area contributed by atoms with Gasteiger partial charge in [-0.25, -0.2) is 0 Å². The molecule has 9 heteroatoms. The highest BCUT2D eigenvalue weighted by Gasteiger charge is 2.51. The predicted molar refractivity (Wildman–Crippen MR) is 150 cm³/mol. The molecule has 0 bridgehead atoms. The van der Waals surface area contributed by atoms with E-state index in [1.54, 1.807) is 0 Å². The predicted octanol–water partition coefficient (Wildman–Crippen LogP) is 6.75. The molecule has 225 valence electrons. The molecule has 0 N–H and O–H groups in total. The Morgan fingerprint density at radius 2 is 1.39 bits per heavy atom. The highest BCUT2D eigenvalue weighted by atomic mass is 31.2. The van der Waals surface area contributed by atoms with Crippen LogP contribution < -0.4 is 4.89 Å². The SMILES string of the molecule is CCCCCCCCCCCCCC1(CCCCOP(=O)([O-])OC2CC[N+](C)(C)CC2)OCC(C)(C)N1[O]. The molecule has 2 atom stereocenters. The monoisotopic (exact) mass is 561 g/mol. The second kappa shape index (κ2) is 16.4. The molecule has 0 saturated carbocycles. The Morgan fingerprint density at radius 3 is 1.89 bits per heavy atom. The van der Waals surface area contributed by atoms with Gasteiger partial charge >= 0.3 is 0 Å². The number of phosphoric acid groups is 1.